The van der Waals surface area contributed by atoms with E-state index in [0.717, 1.165) is 0 Å². The Balaban J connectivity index is 3.25. The second-order valence-electron chi connectivity index (χ2n) is 3.57. The van der Waals surface area contributed by atoms with Crippen molar-refractivity contribution in [3.05, 3.63) is 52.9 Å². The summed E-state index contributed by atoms with van der Waals surface area (Å²) in [6, 6.07) is 0. The zero-order valence-corrected chi connectivity index (χ0v) is 8.93. The molecule has 0 amide bonds. The van der Waals surface area contributed by atoms with Gasteiger partial charge >= 0.3 is 0 Å². The highest BCUT2D eigenvalue weighted by atomic mass is 19.2. The molecule has 0 bridgehead atoms. The van der Waals surface area contributed by atoms with Crippen LogP contribution in [0.15, 0.2) is 6.58 Å². The van der Waals surface area contributed by atoms with Crippen LogP contribution < -0.4 is 0 Å². The summed E-state index contributed by atoms with van der Waals surface area (Å²) < 4.78 is 92.8. The van der Waals surface area contributed by atoms with Crippen LogP contribution >= 0.6 is 0 Å². The Bertz CT molecular complexity index is 710. The van der Waals surface area contributed by atoms with Crippen LogP contribution in [0.2, 0.25) is 0 Å². The average Bonchev–Trinajstić information content (AvgIpc) is 2.40. The fourth-order valence-electron chi connectivity index (χ4n) is 1.72. The number of fused-ring (bicyclic) bond motifs is 1. The topological polar surface area (TPSA) is 0 Å². The number of rotatable bonds is 1. The predicted octanol–water partition coefficient (Wildman–Crippen LogP) is 4.46. The summed E-state index contributed by atoms with van der Waals surface area (Å²) in [7, 11) is 0. The molecule has 0 radical (unpaired) electrons. The van der Waals surface area contributed by atoms with E-state index in [0.29, 0.717) is 6.08 Å². The van der Waals surface area contributed by atoms with E-state index >= 15 is 0 Å². The van der Waals surface area contributed by atoms with E-state index in [1.54, 1.807) is 0 Å². The van der Waals surface area contributed by atoms with Crippen LogP contribution in [0.25, 0.3) is 16.8 Å². The van der Waals surface area contributed by atoms with Crippen LogP contribution in [0, 0.1) is 40.7 Å². The molecule has 2 aromatic carbocycles. The quantitative estimate of drug-likeness (QED) is 0.411. The molecule has 0 aliphatic carbocycles. The van der Waals surface area contributed by atoms with Gasteiger partial charge in [0.25, 0.3) is 0 Å². The zero-order chi connectivity index (χ0) is 14.5. The van der Waals surface area contributed by atoms with Gasteiger partial charge in [0.05, 0.1) is 5.39 Å². The summed E-state index contributed by atoms with van der Waals surface area (Å²) in [4.78, 5) is 0. The Hall–Kier alpha value is -2.05. The maximum Gasteiger partial charge on any atom is 0.198 e. The first-order valence-corrected chi connectivity index (χ1v) is 4.77. The normalized spacial score (nSPS) is 11.1. The first kappa shape index (κ1) is 13.4. The van der Waals surface area contributed by atoms with E-state index in [4.69, 9.17) is 0 Å². The molecule has 0 nitrogen and oxygen atoms in total. The molecular formula is C12H3F7. The fraction of sp³-hybridized carbons (Fsp3) is 0. The smallest absolute Gasteiger partial charge is 0.198 e. The first-order valence-electron chi connectivity index (χ1n) is 4.77. The average molecular weight is 280 g/mol. The highest BCUT2D eigenvalue weighted by Gasteiger charge is 2.29. The van der Waals surface area contributed by atoms with Crippen LogP contribution in [-0.2, 0) is 0 Å². The highest BCUT2D eigenvalue weighted by Crippen LogP contribution is 2.34. The molecule has 0 aliphatic rings. The molecule has 0 saturated carbocycles. The lowest BCUT2D eigenvalue weighted by molar-refractivity contribution is 0.410. The molecule has 0 unspecified atom stereocenters. The second-order valence-corrected chi connectivity index (χ2v) is 3.57. The third kappa shape index (κ3) is 1.61. The highest BCUT2D eigenvalue weighted by molar-refractivity contribution is 5.92. The van der Waals surface area contributed by atoms with Crippen molar-refractivity contribution < 1.29 is 30.7 Å². The molecule has 2 aromatic rings. The van der Waals surface area contributed by atoms with Crippen molar-refractivity contribution in [1.82, 2.24) is 0 Å². The van der Waals surface area contributed by atoms with Crippen molar-refractivity contribution in [1.29, 1.82) is 0 Å². The molecule has 2 rings (SSSR count). The summed E-state index contributed by atoms with van der Waals surface area (Å²) in [6.07, 6.45) is 0.542. The van der Waals surface area contributed by atoms with Gasteiger partial charge in [-0.3, -0.25) is 0 Å². The van der Waals surface area contributed by atoms with Crippen molar-refractivity contribution in [2.45, 2.75) is 0 Å². The summed E-state index contributed by atoms with van der Waals surface area (Å²) in [5.41, 5.74) is -0.996. The molecule has 0 heterocycles. The maximum absolute atomic E-state index is 13.5. The molecule has 0 aliphatic heterocycles. The van der Waals surface area contributed by atoms with Crippen LogP contribution in [0.4, 0.5) is 30.7 Å². The van der Waals surface area contributed by atoms with Gasteiger partial charge in [-0.2, -0.15) is 0 Å². The van der Waals surface area contributed by atoms with E-state index in [1.165, 1.54) is 0 Å². The van der Waals surface area contributed by atoms with Crippen LogP contribution in [0.1, 0.15) is 5.56 Å². The molecule has 0 N–H and O–H groups in total. The molecule has 0 saturated heterocycles. The van der Waals surface area contributed by atoms with Gasteiger partial charge in [-0.1, -0.05) is 12.7 Å². The van der Waals surface area contributed by atoms with Gasteiger partial charge in [-0.25, -0.2) is 30.7 Å². The molecule has 7 heteroatoms. The van der Waals surface area contributed by atoms with Gasteiger partial charge in [0.2, 0.25) is 0 Å². The monoisotopic (exact) mass is 280 g/mol. The SMILES string of the molecule is C=Cc1c(F)c(F)c(F)c2c(F)c(F)c(F)c(F)c12. The molecule has 100 valence electrons. The molecule has 0 atom stereocenters. The van der Waals surface area contributed by atoms with E-state index < -0.39 is 57.1 Å². The van der Waals surface area contributed by atoms with E-state index in [1.807, 2.05) is 0 Å². The fourth-order valence-corrected chi connectivity index (χ4v) is 1.72. The Kier molecular flexibility index (Phi) is 3.00. The predicted molar refractivity (Wildman–Crippen MR) is 53.7 cm³/mol. The molecule has 19 heavy (non-hydrogen) atoms. The van der Waals surface area contributed by atoms with Crippen LogP contribution in [0.3, 0.4) is 0 Å². The molecule has 0 spiro atoms. The number of hydrogen-bond donors (Lipinski definition) is 0. The molecule has 0 aromatic heterocycles. The minimum absolute atomic E-state index is 0.542. The Morgan fingerprint density at radius 1 is 0.526 bits per heavy atom. The van der Waals surface area contributed by atoms with E-state index in [2.05, 4.69) is 6.58 Å². The standard InChI is InChI=1S/C12H3F7/c1-2-3-4-5(8(15)10(17)6(3)13)9(16)12(19)11(18)7(4)14/h2H,1H2. The van der Waals surface area contributed by atoms with Crippen molar-refractivity contribution in [3.63, 3.8) is 0 Å². The number of hydrogen-bond acceptors (Lipinski definition) is 0. The van der Waals surface area contributed by atoms with Crippen molar-refractivity contribution in [3.8, 4) is 0 Å². The Morgan fingerprint density at radius 3 is 1.32 bits per heavy atom. The third-order valence-corrected chi connectivity index (χ3v) is 2.58. The largest absolute Gasteiger partial charge is 0.203 e. The first-order chi connectivity index (χ1) is 8.82. The minimum Gasteiger partial charge on any atom is -0.203 e. The van der Waals surface area contributed by atoms with Crippen molar-refractivity contribution >= 4 is 16.8 Å². The van der Waals surface area contributed by atoms with Gasteiger partial charge < -0.3 is 0 Å². The summed E-state index contributed by atoms with van der Waals surface area (Å²) in [6.45, 7) is 3.00. The lowest BCUT2D eigenvalue weighted by Crippen LogP contribution is -2.05. The number of halogens is 7. The summed E-state index contributed by atoms with van der Waals surface area (Å²) >= 11 is 0. The van der Waals surface area contributed by atoms with Gasteiger partial charge in [-0.05, 0) is 0 Å². The van der Waals surface area contributed by atoms with Crippen LogP contribution in [-0.4, -0.2) is 0 Å². The molecular weight excluding hydrogens is 277 g/mol. The number of benzene rings is 2. The summed E-state index contributed by atoms with van der Waals surface area (Å²) in [5, 5.41) is -2.76. The minimum atomic E-state index is -2.31. The zero-order valence-electron chi connectivity index (χ0n) is 8.93. The van der Waals surface area contributed by atoms with E-state index in [9.17, 15) is 30.7 Å². The van der Waals surface area contributed by atoms with E-state index in [-0.39, 0.29) is 0 Å². The second kappa shape index (κ2) is 4.25. The Labute approximate surface area is 101 Å². The van der Waals surface area contributed by atoms with Crippen molar-refractivity contribution in [2.75, 3.05) is 0 Å². The maximum atomic E-state index is 13.5. The van der Waals surface area contributed by atoms with Gasteiger partial charge in [0.15, 0.2) is 40.7 Å². The van der Waals surface area contributed by atoms with Gasteiger partial charge in [0.1, 0.15) is 0 Å². The van der Waals surface area contributed by atoms with Gasteiger partial charge in [0, 0.05) is 10.9 Å². The van der Waals surface area contributed by atoms with Crippen LogP contribution in [0.5, 0.6) is 0 Å². The van der Waals surface area contributed by atoms with Crippen molar-refractivity contribution in [2.24, 2.45) is 0 Å². The summed E-state index contributed by atoms with van der Waals surface area (Å²) in [5.74, 6) is -14.9. The third-order valence-electron chi connectivity index (χ3n) is 2.58. The lowest BCUT2D eigenvalue weighted by Gasteiger charge is -2.10. The molecule has 0 fully saturated rings. The Morgan fingerprint density at radius 2 is 0.895 bits per heavy atom. The lowest BCUT2D eigenvalue weighted by atomic mass is 10.0. The van der Waals surface area contributed by atoms with Gasteiger partial charge in [-0.15, -0.1) is 0 Å².